The summed E-state index contributed by atoms with van der Waals surface area (Å²) in [6.07, 6.45) is 4.13. The molecule has 0 N–H and O–H groups in total. The lowest BCUT2D eigenvalue weighted by Gasteiger charge is -2.44. The predicted octanol–water partition coefficient (Wildman–Crippen LogP) is 4.02. The van der Waals surface area contributed by atoms with Crippen molar-refractivity contribution >= 4 is 0 Å². The number of rotatable bonds is 1. The van der Waals surface area contributed by atoms with E-state index in [0.29, 0.717) is 5.41 Å². The molecule has 0 radical (unpaired) electrons. The molecule has 1 aliphatic rings. The van der Waals surface area contributed by atoms with E-state index in [4.69, 9.17) is 0 Å². The zero-order chi connectivity index (χ0) is 9.35. The maximum Gasteiger partial charge on any atom is -0.00937 e. The molecule has 3 unspecified atom stereocenters. The first-order valence-electron chi connectivity index (χ1n) is 5.14. The maximum atomic E-state index is 4.14. The van der Waals surface area contributed by atoms with Crippen molar-refractivity contribution in [2.24, 2.45) is 17.3 Å². The SMILES string of the molecule is C=C(C)C1(C)CCCC(C)C1C. The first-order valence-corrected chi connectivity index (χ1v) is 5.14. The van der Waals surface area contributed by atoms with E-state index in [-0.39, 0.29) is 0 Å². The lowest BCUT2D eigenvalue weighted by Crippen LogP contribution is -2.34. The molecule has 1 fully saturated rings. The van der Waals surface area contributed by atoms with Gasteiger partial charge in [0.15, 0.2) is 0 Å². The van der Waals surface area contributed by atoms with Gasteiger partial charge in [-0.25, -0.2) is 0 Å². The average Bonchev–Trinajstić information content (AvgIpc) is 2.00. The van der Waals surface area contributed by atoms with Crippen molar-refractivity contribution in [3.05, 3.63) is 12.2 Å². The molecule has 0 heterocycles. The van der Waals surface area contributed by atoms with Crippen LogP contribution >= 0.6 is 0 Å². The van der Waals surface area contributed by atoms with Crippen LogP contribution in [0.4, 0.5) is 0 Å². The Bertz CT molecular complexity index is 180. The minimum Gasteiger partial charge on any atom is -0.0996 e. The van der Waals surface area contributed by atoms with Crippen LogP contribution in [0.25, 0.3) is 0 Å². The summed E-state index contributed by atoms with van der Waals surface area (Å²) in [6.45, 7) is 13.5. The van der Waals surface area contributed by atoms with Gasteiger partial charge in [0.25, 0.3) is 0 Å². The first-order chi connectivity index (χ1) is 5.48. The van der Waals surface area contributed by atoms with E-state index in [2.05, 4.69) is 34.3 Å². The molecule has 70 valence electrons. The molecule has 0 aromatic heterocycles. The summed E-state index contributed by atoms with van der Waals surface area (Å²) in [4.78, 5) is 0. The van der Waals surface area contributed by atoms with Gasteiger partial charge in [0.1, 0.15) is 0 Å². The Labute approximate surface area is 77.1 Å². The van der Waals surface area contributed by atoms with E-state index >= 15 is 0 Å². The molecule has 0 bridgehead atoms. The number of hydrogen-bond donors (Lipinski definition) is 0. The Kier molecular flexibility index (Phi) is 2.65. The van der Waals surface area contributed by atoms with Gasteiger partial charge in [0.05, 0.1) is 0 Å². The summed E-state index contributed by atoms with van der Waals surface area (Å²) in [5, 5.41) is 0. The van der Waals surface area contributed by atoms with Crippen molar-refractivity contribution in [2.45, 2.75) is 47.0 Å². The summed E-state index contributed by atoms with van der Waals surface area (Å²) in [6, 6.07) is 0. The second kappa shape index (κ2) is 3.24. The van der Waals surface area contributed by atoms with Crippen LogP contribution < -0.4 is 0 Å². The maximum absolute atomic E-state index is 4.14. The molecule has 0 heteroatoms. The second-order valence-electron chi connectivity index (χ2n) is 4.86. The average molecular weight is 166 g/mol. The Hall–Kier alpha value is -0.260. The fourth-order valence-corrected chi connectivity index (χ4v) is 2.50. The number of hydrogen-bond acceptors (Lipinski definition) is 0. The highest BCUT2D eigenvalue weighted by atomic mass is 14.4. The molecular weight excluding hydrogens is 144 g/mol. The molecule has 12 heavy (non-hydrogen) atoms. The van der Waals surface area contributed by atoms with Gasteiger partial charge in [-0.05, 0) is 30.6 Å². The smallest absolute Gasteiger partial charge is 0.00937 e. The summed E-state index contributed by atoms with van der Waals surface area (Å²) >= 11 is 0. The normalized spacial score (nSPS) is 42.7. The van der Waals surface area contributed by atoms with E-state index in [0.717, 1.165) is 11.8 Å². The van der Waals surface area contributed by atoms with Gasteiger partial charge in [-0.3, -0.25) is 0 Å². The molecule has 1 saturated carbocycles. The van der Waals surface area contributed by atoms with Gasteiger partial charge in [0, 0.05) is 0 Å². The summed E-state index contributed by atoms with van der Waals surface area (Å²) in [5.74, 6) is 1.68. The fourth-order valence-electron chi connectivity index (χ4n) is 2.50. The lowest BCUT2D eigenvalue weighted by molar-refractivity contribution is 0.117. The topological polar surface area (TPSA) is 0 Å². The second-order valence-corrected chi connectivity index (χ2v) is 4.86. The largest absolute Gasteiger partial charge is 0.0996 e. The number of allylic oxidation sites excluding steroid dienone is 1. The van der Waals surface area contributed by atoms with E-state index < -0.39 is 0 Å². The fraction of sp³-hybridized carbons (Fsp3) is 0.833. The Morgan fingerprint density at radius 3 is 2.42 bits per heavy atom. The highest BCUT2D eigenvalue weighted by Gasteiger charge is 2.37. The molecule has 1 rings (SSSR count). The minimum atomic E-state index is 0.414. The van der Waals surface area contributed by atoms with Crippen LogP contribution in [0.1, 0.15) is 47.0 Å². The highest BCUT2D eigenvalue weighted by Crippen LogP contribution is 2.47. The van der Waals surface area contributed by atoms with Crippen LogP contribution in [-0.2, 0) is 0 Å². The van der Waals surface area contributed by atoms with Crippen molar-refractivity contribution in [3.8, 4) is 0 Å². The van der Waals surface area contributed by atoms with Crippen LogP contribution in [0.2, 0.25) is 0 Å². The highest BCUT2D eigenvalue weighted by molar-refractivity contribution is 5.09. The Balaban J connectivity index is 2.81. The molecular formula is C12H22. The van der Waals surface area contributed by atoms with E-state index in [1.807, 2.05) is 0 Å². The molecule has 0 saturated heterocycles. The minimum absolute atomic E-state index is 0.414. The monoisotopic (exact) mass is 166 g/mol. The van der Waals surface area contributed by atoms with Crippen LogP contribution in [0.15, 0.2) is 12.2 Å². The van der Waals surface area contributed by atoms with Crippen LogP contribution in [0.5, 0.6) is 0 Å². The third-order valence-electron chi connectivity index (χ3n) is 4.19. The van der Waals surface area contributed by atoms with Gasteiger partial charge >= 0.3 is 0 Å². The van der Waals surface area contributed by atoms with Crippen molar-refractivity contribution in [3.63, 3.8) is 0 Å². The lowest BCUT2D eigenvalue weighted by atomic mass is 9.61. The van der Waals surface area contributed by atoms with Crippen LogP contribution in [0.3, 0.4) is 0 Å². The van der Waals surface area contributed by atoms with Gasteiger partial charge < -0.3 is 0 Å². The third-order valence-corrected chi connectivity index (χ3v) is 4.19. The molecule has 0 aromatic carbocycles. The standard InChI is InChI=1S/C12H22/c1-9(2)12(5)8-6-7-10(3)11(12)4/h10-11H,1,6-8H2,2-5H3. The summed E-state index contributed by atoms with van der Waals surface area (Å²) in [7, 11) is 0. The summed E-state index contributed by atoms with van der Waals surface area (Å²) in [5.41, 5.74) is 1.79. The first kappa shape index (κ1) is 9.83. The van der Waals surface area contributed by atoms with Gasteiger partial charge in [-0.15, -0.1) is 0 Å². The van der Waals surface area contributed by atoms with Crippen molar-refractivity contribution in [1.82, 2.24) is 0 Å². The molecule has 0 aromatic rings. The van der Waals surface area contributed by atoms with Crippen LogP contribution in [0, 0.1) is 17.3 Å². The molecule has 3 atom stereocenters. The van der Waals surface area contributed by atoms with Gasteiger partial charge in [-0.2, -0.15) is 0 Å². The molecule has 0 aliphatic heterocycles. The Morgan fingerprint density at radius 2 is 2.00 bits per heavy atom. The molecule has 0 amide bonds. The van der Waals surface area contributed by atoms with Crippen molar-refractivity contribution < 1.29 is 0 Å². The zero-order valence-corrected chi connectivity index (χ0v) is 8.98. The van der Waals surface area contributed by atoms with Gasteiger partial charge in [0.2, 0.25) is 0 Å². The predicted molar refractivity (Wildman–Crippen MR) is 55.1 cm³/mol. The molecule has 1 aliphatic carbocycles. The van der Waals surface area contributed by atoms with Gasteiger partial charge in [-0.1, -0.05) is 45.8 Å². The van der Waals surface area contributed by atoms with E-state index in [1.54, 1.807) is 0 Å². The molecule has 0 nitrogen and oxygen atoms in total. The summed E-state index contributed by atoms with van der Waals surface area (Å²) < 4.78 is 0. The van der Waals surface area contributed by atoms with Crippen LogP contribution in [-0.4, -0.2) is 0 Å². The Morgan fingerprint density at radius 1 is 1.42 bits per heavy atom. The van der Waals surface area contributed by atoms with Crippen molar-refractivity contribution in [2.75, 3.05) is 0 Å². The van der Waals surface area contributed by atoms with Crippen molar-refractivity contribution in [1.29, 1.82) is 0 Å². The van der Waals surface area contributed by atoms with E-state index in [9.17, 15) is 0 Å². The van der Waals surface area contributed by atoms with E-state index in [1.165, 1.54) is 24.8 Å². The quantitative estimate of drug-likeness (QED) is 0.516. The zero-order valence-electron chi connectivity index (χ0n) is 8.98. The molecule has 0 spiro atoms. The third kappa shape index (κ3) is 1.44.